The highest BCUT2D eigenvalue weighted by Gasteiger charge is 2.53. The monoisotopic (exact) mass is 450 g/mol. The van der Waals surface area contributed by atoms with Gasteiger partial charge in [0.1, 0.15) is 6.10 Å². The van der Waals surface area contributed by atoms with E-state index in [9.17, 15) is 4.39 Å². The molecule has 2 saturated carbocycles. The third-order valence-corrected chi connectivity index (χ3v) is 7.37. The molecule has 1 atom stereocenters. The van der Waals surface area contributed by atoms with Crippen LogP contribution in [0.5, 0.6) is 11.5 Å². The van der Waals surface area contributed by atoms with Gasteiger partial charge in [-0.2, -0.15) is 8.78 Å². The van der Waals surface area contributed by atoms with Crippen molar-refractivity contribution in [2.75, 3.05) is 19.8 Å². The standard InChI is InChI=1S/C26H36F2O4/c1-2-3-16-29-20-12-13-21(23(28)22(20)27)32-24(19-10-6-4-7-11-19)26(14-8-5-9-15-26)25-30-17-18-31-25/h2,12-13,19,24-25H,1,3-11,14-18H2. The zero-order valence-electron chi connectivity index (χ0n) is 19.0. The Bertz CT molecular complexity index is 750. The maximum absolute atomic E-state index is 15.1. The Kier molecular flexibility index (Phi) is 8.06. The first kappa shape index (κ1) is 23.5. The first-order chi connectivity index (χ1) is 15.7. The average Bonchev–Trinajstić information content (AvgIpc) is 3.38. The molecule has 0 bridgehead atoms. The molecule has 1 aliphatic heterocycles. The predicted octanol–water partition coefficient (Wildman–Crippen LogP) is 6.57. The van der Waals surface area contributed by atoms with E-state index in [-0.39, 0.29) is 41.8 Å². The van der Waals surface area contributed by atoms with E-state index in [2.05, 4.69) is 6.58 Å². The van der Waals surface area contributed by atoms with Gasteiger partial charge in [-0.05, 0) is 50.2 Å². The Morgan fingerprint density at radius 3 is 2.28 bits per heavy atom. The third kappa shape index (κ3) is 4.96. The van der Waals surface area contributed by atoms with E-state index < -0.39 is 11.6 Å². The lowest BCUT2D eigenvalue weighted by atomic mass is 9.64. The summed E-state index contributed by atoms with van der Waals surface area (Å²) in [5.74, 6) is -1.85. The lowest BCUT2D eigenvalue weighted by molar-refractivity contribution is -0.195. The first-order valence-corrected chi connectivity index (χ1v) is 12.3. The molecule has 6 heteroatoms. The second kappa shape index (κ2) is 11.0. The zero-order chi connectivity index (χ0) is 22.4. The van der Waals surface area contributed by atoms with Crippen LogP contribution in [0, 0.1) is 23.0 Å². The van der Waals surface area contributed by atoms with E-state index in [1.807, 2.05) is 0 Å². The van der Waals surface area contributed by atoms with Gasteiger partial charge in [-0.3, -0.25) is 0 Å². The van der Waals surface area contributed by atoms with Crippen molar-refractivity contribution in [3.63, 3.8) is 0 Å². The largest absolute Gasteiger partial charge is 0.490 e. The molecule has 4 rings (SSSR count). The van der Waals surface area contributed by atoms with E-state index in [1.54, 1.807) is 6.08 Å². The summed E-state index contributed by atoms with van der Waals surface area (Å²) in [7, 11) is 0. The Hall–Kier alpha value is -1.66. The van der Waals surface area contributed by atoms with Crippen LogP contribution < -0.4 is 9.47 Å². The van der Waals surface area contributed by atoms with Crippen LogP contribution in [0.15, 0.2) is 24.8 Å². The van der Waals surface area contributed by atoms with Gasteiger partial charge in [0.25, 0.3) is 0 Å². The van der Waals surface area contributed by atoms with E-state index >= 15 is 4.39 Å². The maximum atomic E-state index is 15.1. The van der Waals surface area contributed by atoms with Crippen LogP contribution >= 0.6 is 0 Å². The fourth-order valence-electron chi connectivity index (χ4n) is 5.78. The fourth-order valence-corrected chi connectivity index (χ4v) is 5.78. The van der Waals surface area contributed by atoms with Gasteiger partial charge in [-0.1, -0.05) is 44.6 Å². The van der Waals surface area contributed by atoms with Gasteiger partial charge >= 0.3 is 0 Å². The summed E-state index contributed by atoms with van der Waals surface area (Å²) >= 11 is 0. The van der Waals surface area contributed by atoms with Crippen molar-refractivity contribution in [1.29, 1.82) is 0 Å². The quantitative estimate of drug-likeness (QED) is 0.315. The normalized spacial score (nSPS) is 23.1. The highest BCUT2D eigenvalue weighted by Crippen LogP contribution is 2.51. The van der Waals surface area contributed by atoms with Crippen LogP contribution in [0.25, 0.3) is 0 Å². The molecule has 0 amide bonds. The molecule has 4 nitrogen and oxygen atoms in total. The summed E-state index contributed by atoms with van der Waals surface area (Å²) in [6, 6.07) is 2.97. The minimum atomic E-state index is -1.000. The number of benzene rings is 1. The molecule has 32 heavy (non-hydrogen) atoms. The van der Waals surface area contributed by atoms with Crippen LogP contribution in [0.2, 0.25) is 0 Å². The van der Waals surface area contributed by atoms with Crippen molar-refractivity contribution in [3.05, 3.63) is 36.4 Å². The van der Waals surface area contributed by atoms with Crippen LogP contribution in [0.4, 0.5) is 8.78 Å². The van der Waals surface area contributed by atoms with Gasteiger partial charge in [-0.15, -0.1) is 6.58 Å². The fraction of sp³-hybridized carbons (Fsp3) is 0.692. The third-order valence-electron chi connectivity index (χ3n) is 7.37. The molecule has 0 spiro atoms. The molecule has 0 aromatic heterocycles. The summed E-state index contributed by atoms with van der Waals surface area (Å²) in [6.07, 6.45) is 12.3. The van der Waals surface area contributed by atoms with Crippen LogP contribution in [0.1, 0.15) is 70.6 Å². The molecular weight excluding hydrogens is 414 g/mol. The van der Waals surface area contributed by atoms with E-state index in [0.29, 0.717) is 19.6 Å². The minimum Gasteiger partial charge on any atom is -0.490 e. The van der Waals surface area contributed by atoms with Gasteiger partial charge in [0.05, 0.1) is 25.2 Å². The summed E-state index contributed by atoms with van der Waals surface area (Å²) in [5.41, 5.74) is -0.335. The smallest absolute Gasteiger partial charge is 0.204 e. The summed E-state index contributed by atoms with van der Waals surface area (Å²) in [5, 5.41) is 0. The molecule has 1 unspecified atom stereocenters. The van der Waals surface area contributed by atoms with E-state index in [4.69, 9.17) is 18.9 Å². The highest BCUT2D eigenvalue weighted by molar-refractivity contribution is 5.35. The number of rotatable bonds is 9. The average molecular weight is 451 g/mol. The van der Waals surface area contributed by atoms with Crippen LogP contribution in [-0.4, -0.2) is 32.2 Å². The summed E-state index contributed by atoms with van der Waals surface area (Å²) in [4.78, 5) is 0. The Morgan fingerprint density at radius 1 is 0.969 bits per heavy atom. The second-order valence-electron chi connectivity index (χ2n) is 9.42. The molecule has 178 valence electrons. The number of halogens is 2. The lowest BCUT2D eigenvalue weighted by Crippen LogP contribution is -2.53. The molecule has 2 aliphatic carbocycles. The molecular formula is C26H36F2O4. The molecule has 3 aliphatic rings. The highest BCUT2D eigenvalue weighted by atomic mass is 19.2. The molecule has 1 aromatic carbocycles. The van der Waals surface area contributed by atoms with Crippen molar-refractivity contribution in [3.8, 4) is 11.5 Å². The maximum Gasteiger partial charge on any atom is 0.204 e. The predicted molar refractivity (Wildman–Crippen MR) is 119 cm³/mol. The van der Waals surface area contributed by atoms with Crippen molar-refractivity contribution < 1.29 is 27.7 Å². The number of ether oxygens (including phenoxy) is 4. The van der Waals surface area contributed by atoms with Crippen molar-refractivity contribution in [1.82, 2.24) is 0 Å². The van der Waals surface area contributed by atoms with Crippen molar-refractivity contribution in [2.45, 2.75) is 83.0 Å². The molecule has 1 saturated heterocycles. The summed E-state index contributed by atoms with van der Waals surface area (Å²) < 4.78 is 53.8. The van der Waals surface area contributed by atoms with Crippen molar-refractivity contribution >= 4 is 0 Å². The van der Waals surface area contributed by atoms with Crippen LogP contribution in [0.3, 0.4) is 0 Å². The first-order valence-electron chi connectivity index (χ1n) is 12.3. The Morgan fingerprint density at radius 2 is 1.59 bits per heavy atom. The van der Waals surface area contributed by atoms with Gasteiger partial charge in [0.15, 0.2) is 17.8 Å². The van der Waals surface area contributed by atoms with Crippen molar-refractivity contribution in [2.24, 2.45) is 11.3 Å². The Balaban J connectivity index is 1.63. The summed E-state index contributed by atoms with van der Waals surface area (Å²) in [6.45, 7) is 5.02. The number of hydrogen-bond acceptors (Lipinski definition) is 4. The molecule has 1 aromatic rings. The van der Waals surface area contributed by atoms with Crippen LogP contribution in [-0.2, 0) is 9.47 Å². The lowest BCUT2D eigenvalue weighted by Gasteiger charge is -2.49. The SMILES string of the molecule is C=CCCOc1ccc(OC(C2CCCCC2)C2(C3OCCO3)CCCCC2)c(F)c1F. The molecule has 1 heterocycles. The topological polar surface area (TPSA) is 36.9 Å². The van der Waals surface area contributed by atoms with Gasteiger partial charge < -0.3 is 18.9 Å². The van der Waals surface area contributed by atoms with Gasteiger partial charge in [0.2, 0.25) is 11.6 Å². The van der Waals surface area contributed by atoms with E-state index in [1.165, 1.54) is 25.0 Å². The zero-order valence-corrected chi connectivity index (χ0v) is 19.0. The van der Waals surface area contributed by atoms with Gasteiger partial charge in [-0.25, -0.2) is 0 Å². The van der Waals surface area contributed by atoms with Gasteiger partial charge in [0, 0.05) is 0 Å². The molecule has 3 fully saturated rings. The Labute approximate surface area is 190 Å². The second-order valence-corrected chi connectivity index (χ2v) is 9.42. The number of hydrogen-bond donors (Lipinski definition) is 0. The van der Waals surface area contributed by atoms with E-state index in [0.717, 1.165) is 51.4 Å². The minimum absolute atomic E-state index is 0.0444. The molecule has 0 N–H and O–H groups in total. The molecule has 0 radical (unpaired) electrons.